The van der Waals surface area contributed by atoms with Gasteiger partial charge in [0.05, 0.1) is 19.1 Å². The lowest BCUT2D eigenvalue weighted by Crippen LogP contribution is -2.22. The van der Waals surface area contributed by atoms with Crippen molar-refractivity contribution in [1.82, 2.24) is 4.31 Å². The molecule has 0 aromatic heterocycles. The quantitative estimate of drug-likeness (QED) is 0.746. The molecule has 0 saturated heterocycles. The predicted octanol–water partition coefficient (Wildman–Crippen LogP) is 2.53. The Labute approximate surface area is 160 Å². The van der Waals surface area contributed by atoms with Gasteiger partial charge >= 0.3 is 0 Å². The molecule has 1 N–H and O–H groups in total. The number of methoxy groups -OCH3 is 2. The summed E-state index contributed by atoms with van der Waals surface area (Å²) >= 11 is 0. The maximum atomic E-state index is 12.2. The van der Waals surface area contributed by atoms with E-state index in [-0.39, 0.29) is 17.2 Å². The third-order valence-electron chi connectivity index (χ3n) is 4.02. The number of rotatable bonds is 8. The summed E-state index contributed by atoms with van der Waals surface area (Å²) in [5.41, 5.74) is 1.41. The summed E-state index contributed by atoms with van der Waals surface area (Å²) in [6.07, 6.45) is 0.737. The molecule has 2 aromatic carbocycles. The van der Waals surface area contributed by atoms with Gasteiger partial charge in [0.15, 0.2) is 11.5 Å². The van der Waals surface area contributed by atoms with Crippen LogP contribution in [0.5, 0.6) is 11.5 Å². The highest BCUT2D eigenvalue weighted by Crippen LogP contribution is 2.31. The number of nitrogens with zero attached hydrogens (tertiary/aromatic N) is 1. The number of amides is 1. The molecule has 0 spiro atoms. The minimum atomic E-state index is -3.49. The second-order valence-electron chi connectivity index (χ2n) is 6.01. The molecule has 0 unspecified atom stereocenters. The van der Waals surface area contributed by atoms with Crippen LogP contribution in [-0.4, -0.2) is 46.9 Å². The zero-order chi connectivity index (χ0) is 20.0. The van der Waals surface area contributed by atoms with Crippen LogP contribution in [0.2, 0.25) is 0 Å². The number of para-hydroxylation sites is 1. The van der Waals surface area contributed by atoms with Crippen molar-refractivity contribution in [3.63, 3.8) is 0 Å². The van der Waals surface area contributed by atoms with Crippen LogP contribution in [-0.2, 0) is 21.2 Å². The summed E-state index contributed by atoms with van der Waals surface area (Å²) in [6.45, 7) is 0. The van der Waals surface area contributed by atoms with E-state index >= 15 is 0 Å². The Morgan fingerprint density at radius 2 is 1.70 bits per heavy atom. The zero-order valence-electron chi connectivity index (χ0n) is 15.9. The van der Waals surface area contributed by atoms with Crippen molar-refractivity contribution in [2.75, 3.05) is 33.6 Å². The molecule has 0 bridgehead atoms. The summed E-state index contributed by atoms with van der Waals surface area (Å²) in [7, 11) is 2.58. The first-order valence-corrected chi connectivity index (χ1v) is 9.76. The van der Waals surface area contributed by atoms with Crippen molar-refractivity contribution in [2.24, 2.45) is 0 Å². The molecule has 8 heteroatoms. The van der Waals surface area contributed by atoms with Crippen LogP contribution in [0, 0.1) is 0 Å². The van der Waals surface area contributed by atoms with Crippen molar-refractivity contribution in [3.8, 4) is 11.5 Å². The Balaban J connectivity index is 2.01. The average Bonchev–Trinajstić information content (AvgIpc) is 2.66. The van der Waals surface area contributed by atoms with Crippen LogP contribution in [0.3, 0.4) is 0 Å². The number of aryl methyl sites for hydroxylation is 1. The van der Waals surface area contributed by atoms with E-state index in [4.69, 9.17) is 9.47 Å². The monoisotopic (exact) mass is 392 g/mol. The molecular weight excluding hydrogens is 368 g/mol. The summed E-state index contributed by atoms with van der Waals surface area (Å²) in [5.74, 6) is 1.06. The maximum Gasteiger partial charge on any atom is 0.242 e. The van der Waals surface area contributed by atoms with Gasteiger partial charge in [0.1, 0.15) is 0 Å². The molecule has 27 heavy (non-hydrogen) atoms. The molecule has 2 rings (SSSR count). The largest absolute Gasteiger partial charge is 0.493 e. The molecule has 0 aliphatic heterocycles. The number of anilines is 1. The number of carbonyl (C=O) groups excluding carboxylic acids is 1. The Morgan fingerprint density at radius 3 is 2.26 bits per heavy atom. The van der Waals surface area contributed by atoms with E-state index < -0.39 is 10.0 Å². The van der Waals surface area contributed by atoms with Crippen molar-refractivity contribution < 1.29 is 22.7 Å². The number of ether oxygens (including phenoxy) is 2. The minimum absolute atomic E-state index is 0.173. The molecule has 0 atom stereocenters. The third kappa shape index (κ3) is 4.99. The van der Waals surface area contributed by atoms with Crippen LogP contribution < -0.4 is 14.8 Å². The molecule has 2 aromatic rings. The van der Waals surface area contributed by atoms with Gasteiger partial charge in [0.25, 0.3) is 0 Å². The number of benzene rings is 2. The predicted molar refractivity (Wildman–Crippen MR) is 104 cm³/mol. The normalized spacial score (nSPS) is 11.3. The Kier molecular flexibility index (Phi) is 6.81. The summed E-state index contributed by atoms with van der Waals surface area (Å²) in [4.78, 5) is 12.4. The summed E-state index contributed by atoms with van der Waals surface area (Å²) in [5, 5.41) is 2.77. The lowest BCUT2D eigenvalue weighted by Gasteiger charge is -2.13. The van der Waals surface area contributed by atoms with Crippen molar-refractivity contribution >= 4 is 21.6 Å². The molecule has 0 heterocycles. The SMILES string of the molecule is COc1cccc(CCC(=O)Nc2ccc(S(=O)(=O)N(C)C)cc2)c1OC. The van der Waals surface area contributed by atoms with Crippen LogP contribution in [0.4, 0.5) is 5.69 Å². The van der Waals surface area contributed by atoms with Gasteiger partial charge in [-0.15, -0.1) is 0 Å². The second kappa shape index (κ2) is 8.88. The summed E-state index contributed by atoms with van der Waals surface area (Å²) in [6, 6.07) is 11.6. The topological polar surface area (TPSA) is 84.9 Å². The van der Waals surface area contributed by atoms with Crippen molar-refractivity contribution in [3.05, 3.63) is 48.0 Å². The van der Waals surface area contributed by atoms with E-state index in [1.165, 1.54) is 26.2 Å². The lowest BCUT2D eigenvalue weighted by atomic mass is 10.1. The minimum Gasteiger partial charge on any atom is -0.493 e. The highest BCUT2D eigenvalue weighted by molar-refractivity contribution is 7.89. The molecular formula is C19H24N2O5S. The molecule has 146 valence electrons. The van der Waals surface area contributed by atoms with Gasteiger partial charge in [0.2, 0.25) is 15.9 Å². The van der Waals surface area contributed by atoms with Gasteiger partial charge < -0.3 is 14.8 Å². The number of hydrogen-bond acceptors (Lipinski definition) is 5. The molecule has 0 fully saturated rings. The molecule has 0 radical (unpaired) electrons. The van der Waals surface area contributed by atoms with Gasteiger partial charge in [-0.25, -0.2) is 12.7 Å². The highest BCUT2D eigenvalue weighted by atomic mass is 32.2. The van der Waals surface area contributed by atoms with Crippen molar-refractivity contribution in [2.45, 2.75) is 17.7 Å². The van der Waals surface area contributed by atoms with E-state index in [1.807, 2.05) is 12.1 Å². The number of sulfonamides is 1. The maximum absolute atomic E-state index is 12.2. The number of nitrogens with one attached hydrogen (secondary N) is 1. The lowest BCUT2D eigenvalue weighted by molar-refractivity contribution is -0.116. The first-order valence-electron chi connectivity index (χ1n) is 8.32. The number of hydrogen-bond donors (Lipinski definition) is 1. The van der Waals surface area contributed by atoms with Crippen LogP contribution >= 0.6 is 0 Å². The van der Waals surface area contributed by atoms with Gasteiger partial charge in [-0.1, -0.05) is 12.1 Å². The highest BCUT2D eigenvalue weighted by Gasteiger charge is 2.17. The van der Waals surface area contributed by atoms with E-state index in [0.717, 1.165) is 9.87 Å². The fourth-order valence-electron chi connectivity index (χ4n) is 2.54. The van der Waals surface area contributed by atoms with Gasteiger partial charge in [0, 0.05) is 26.2 Å². The molecule has 0 aliphatic rings. The number of carbonyl (C=O) groups is 1. The van der Waals surface area contributed by atoms with Crippen LogP contribution in [0.25, 0.3) is 0 Å². The molecule has 0 saturated carbocycles. The summed E-state index contributed by atoms with van der Waals surface area (Å²) < 4.78 is 35.9. The second-order valence-corrected chi connectivity index (χ2v) is 8.16. The third-order valence-corrected chi connectivity index (χ3v) is 5.85. The fraction of sp³-hybridized carbons (Fsp3) is 0.316. The van der Waals surface area contributed by atoms with E-state index in [2.05, 4.69) is 5.32 Å². The van der Waals surface area contributed by atoms with Crippen LogP contribution in [0.1, 0.15) is 12.0 Å². The Morgan fingerprint density at radius 1 is 1.04 bits per heavy atom. The molecule has 1 amide bonds. The van der Waals surface area contributed by atoms with Gasteiger partial charge in [-0.2, -0.15) is 0 Å². The Bertz CT molecular complexity index is 893. The average molecular weight is 392 g/mol. The van der Waals surface area contributed by atoms with Crippen molar-refractivity contribution in [1.29, 1.82) is 0 Å². The van der Waals surface area contributed by atoms with E-state index in [1.54, 1.807) is 32.4 Å². The molecule has 0 aliphatic carbocycles. The van der Waals surface area contributed by atoms with E-state index in [9.17, 15) is 13.2 Å². The van der Waals surface area contributed by atoms with Crippen LogP contribution in [0.15, 0.2) is 47.4 Å². The first-order chi connectivity index (χ1) is 12.8. The van der Waals surface area contributed by atoms with Gasteiger partial charge in [-0.05, 0) is 42.3 Å². The fourth-order valence-corrected chi connectivity index (χ4v) is 3.44. The molecule has 7 nitrogen and oxygen atoms in total. The van der Waals surface area contributed by atoms with E-state index in [0.29, 0.717) is 23.6 Å². The zero-order valence-corrected chi connectivity index (χ0v) is 16.7. The standard InChI is InChI=1S/C19H24N2O5S/c1-21(2)27(23,24)16-11-9-15(10-12-16)20-18(22)13-8-14-6-5-7-17(25-3)19(14)26-4/h5-7,9-12H,8,13H2,1-4H3,(H,20,22). The Hall–Kier alpha value is -2.58. The first kappa shape index (κ1) is 20.7. The smallest absolute Gasteiger partial charge is 0.242 e. The van der Waals surface area contributed by atoms with Gasteiger partial charge in [-0.3, -0.25) is 4.79 Å².